The minimum Gasteiger partial charge on any atom is -0.462 e. The smallest absolute Gasteiger partial charge is 0.343 e. The van der Waals surface area contributed by atoms with Crippen LogP contribution in [0.15, 0.2) is 36.5 Å². The number of carbonyl (C=O) groups is 1. The van der Waals surface area contributed by atoms with Crippen LogP contribution in [0.25, 0.3) is 0 Å². The topological polar surface area (TPSA) is 64.1 Å². The molecule has 0 spiro atoms. The van der Waals surface area contributed by atoms with E-state index in [1.54, 1.807) is 31.2 Å². The van der Waals surface area contributed by atoms with E-state index in [0.29, 0.717) is 0 Å². The Kier molecular flexibility index (Phi) is 5.66. The highest BCUT2D eigenvalue weighted by atomic mass is 35.5. The lowest BCUT2D eigenvalue weighted by Crippen LogP contribution is -2.18. The Bertz CT molecular complexity index is 640. The quantitative estimate of drug-likeness (QED) is 0.651. The number of anilines is 1. The van der Waals surface area contributed by atoms with Gasteiger partial charge >= 0.3 is 5.97 Å². The monoisotopic (exact) mass is 323 g/mol. The van der Waals surface area contributed by atoms with Gasteiger partial charge < -0.3 is 10.1 Å². The van der Waals surface area contributed by atoms with E-state index in [9.17, 15) is 9.18 Å². The maximum Gasteiger partial charge on any atom is 0.343 e. The number of aromatic nitrogens is 2. The molecule has 1 heterocycles. The lowest BCUT2D eigenvalue weighted by Gasteiger charge is -2.18. The van der Waals surface area contributed by atoms with Crippen LogP contribution in [0.5, 0.6) is 0 Å². The fourth-order valence-corrected chi connectivity index (χ4v) is 2.02. The standard InChI is InChI=1S/C15H15ClFN3O2/c1-2-22-14(21)11-9-18-15(16)20-13(11)19-12(8-17)10-6-4-3-5-7-10/h3-7,9,12H,2,8H2,1H3,(H,18,19,20). The zero-order valence-corrected chi connectivity index (χ0v) is 12.7. The largest absolute Gasteiger partial charge is 0.462 e. The summed E-state index contributed by atoms with van der Waals surface area (Å²) < 4.78 is 18.3. The van der Waals surface area contributed by atoms with E-state index < -0.39 is 18.7 Å². The highest BCUT2D eigenvalue weighted by Crippen LogP contribution is 2.23. The van der Waals surface area contributed by atoms with Gasteiger partial charge in [0.15, 0.2) is 0 Å². The third kappa shape index (κ3) is 3.92. The SMILES string of the molecule is CCOC(=O)c1cnc(Cl)nc1NC(CF)c1ccccc1. The van der Waals surface area contributed by atoms with Crippen LogP contribution in [0, 0.1) is 0 Å². The van der Waals surface area contributed by atoms with Crippen molar-refractivity contribution in [3.63, 3.8) is 0 Å². The molecule has 0 aliphatic rings. The molecule has 0 aliphatic heterocycles. The van der Waals surface area contributed by atoms with E-state index in [1.807, 2.05) is 6.07 Å². The number of alkyl halides is 1. The minimum atomic E-state index is -0.673. The summed E-state index contributed by atoms with van der Waals surface area (Å²) in [5.41, 5.74) is 0.843. The van der Waals surface area contributed by atoms with Gasteiger partial charge in [0.05, 0.1) is 12.6 Å². The van der Waals surface area contributed by atoms with Gasteiger partial charge in [-0.1, -0.05) is 30.3 Å². The van der Waals surface area contributed by atoms with E-state index in [-0.39, 0.29) is 23.3 Å². The van der Waals surface area contributed by atoms with Crippen LogP contribution in [0.2, 0.25) is 5.28 Å². The van der Waals surface area contributed by atoms with Crippen molar-refractivity contribution in [3.05, 3.63) is 52.9 Å². The summed E-state index contributed by atoms with van der Waals surface area (Å²) >= 11 is 5.76. The van der Waals surface area contributed by atoms with Crippen molar-refractivity contribution < 1.29 is 13.9 Å². The number of nitrogens with zero attached hydrogens (tertiary/aromatic N) is 2. The Morgan fingerprint density at radius 1 is 1.41 bits per heavy atom. The Morgan fingerprint density at radius 3 is 2.77 bits per heavy atom. The van der Waals surface area contributed by atoms with Gasteiger partial charge in [-0.2, -0.15) is 4.98 Å². The maximum atomic E-state index is 13.4. The van der Waals surface area contributed by atoms with Crippen molar-refractivity contribution in [2.75, 3.05) is 18.6 Å². The molecule has 7 heteroatoms. The fourth-order valence-electron chi connectivity index (χ4n) is 1.89. The molecule has 22 heavy (non-hydrogen) atoms. The molecular weight excluding hydrogens is 309 g/mol. The zero-order valence-electron chi connectivity index (χ0n) is 11.9. The van der Waals surface area contributed by atoms with Crippen LogP contribution in [-0.2, 0) is 4.74 Å². The second-order valence-corrected chi connectivity index (χ2v) is 4.72. The zero-order chi connectivity index (χ0) is 15.9. The lowest BCUT2D eigenvalue weighted by molar-refractivity contribution is 0.0526. The molecule has 0 bridgehead atoms. The molecular formula is C15H15ClFN3O2. The van der Waals surface area contributed by atoms with Crippen LogP contribution in [-0.4, -0.2) is 29.2 Å². The molecule has 0 amide bonds. The number of hydrogen-bond donors (Lipinski definition) is 1. The van der Waals surface area contributed by atoms with Crippen LogP contribution in [0.1, 0.15) is 28.9 Å². The predicted molar refractivity (Wildman–Crippen MR) is 81.8 cm³/mol. The summed E-state index contributed by atoms with van der Waals surface area (Å²) in [6.07, 6.45) is 1.26. The molecule has 1 unspecified atom stereocenters. The van der Waals surface area contributed by atoms with Crippen LogP contribution < -0.4 is 5.32 Å². The summed E-state index contributed by atoms with van der Waals surface area (Å²) in [6.45, 7) is 1.23. The van der Waals surface area contributed by atoms with Crippen LogP contribution in [0.4, 0.5) is 10.2 Å². The van der Waals surface area contributed by atoms with Crippen molar-refractivity contribution in [2.24, 2.45) is 0 Å². The third-order valence-electron chi connectivity index (χ3n) is 2.92. The molecule has 2 aromatic rings. The minimum absolute atomic E-state index is 0.0405. The first-order valence-corrected chi connectivity index (χ1v) is 7.10. The van der Waals surface area contributed by atoms with Gasteiger partial charge in [0.25, 0.3) is 0 Å². The molecule has 0 saturated carbocycles. The molecule has 1 aromatic heterocycles. The first kappa shape index (κ1) is 16.2. The molecule has 1 N–H and O–H groups in total. The van der Waals surface area contributed by atoms with Gasteiger partial charge in [0.2, 0.25) is 5.28 Å². The first-order chi connectivity index (χ1) is 10.7. The van der Waals surface area contributed by atoms with Crippen molar-refractivity contribution in [2.45, 2.75) is 13.0 Å². The number of carbonyl (C=O) groups excluding carboxylic acids is 1. The number of nitrogens with one attached hydrogen (secondary N) is 1. The predicted octanol–water partition coefficient (Wildman–Crippen LogP) is 3.43. The van der Waals surface area contributed by atoms with E-state index in [1.165, 1.54) is 6.20 Å². The van der Waals surface area contributed by atoms with E-state index in [2.05, 4.69) is 15.3 Å². The van der Waals surface area contributed by atoms with Gasteiger partial charge in [0, 0.05) is 6.20 Å². The molecule has 5 nitrogen and oxygen atoms in total. The number of ether oxygens (including phenoxy) is 1. The molecule has 0 fully saturated rings. The summed E-state index contributed by atoms with van der Waals surface area (Å²) in [7, 11) is 0. The summed E-state index contributed by atoms with van der Waals surface area (Å²) in [5, 5.41) is 2.84. The van der Waals surface area contributed by atoms with Crippen molar-refractivity contribution in [1.82, 2.24) is 9.97 Å². The van der Waals surface area contributed by atoms with Gasteiger partial charge in [-0.05, 0) is 24.1 Å². The maximum absolute atomic E-state index is 13.4. The number of hydrogen-bond acceptors (Lipinski definition) is 5. The van der Waals surface area contributed by atoms with Crippen LogP contribution >= 0.6 is 11.6 Å². The molecule has 116 valence electrons. The van der Waals surface area contributed by atoms with Crippen LogP contribution in [0.3, 0.4) is 0 Å². The fraction of sp³-hybridized carbons (Fsp3) is 0.267. The van der Waals surface area contributed by atoms with Gasteiger partial charge in [-0.25, -0.2) is 14.2 Å². The summed E-state index contributed by atoms with van der Waals surface area (Å²) in [4.78, 5) is 19.6. The molecule has 1 atom stereocenters. The number of rotatable bonds is 6. The number of benzene rings is 1. The van der Waals surface area contributed by atoms with E-state index >= 15 is 0 Å². The van der Waals surface area contributed by atoms with Crippen molar-refractivity contribution >= 4 is 23.4 Å². The van der Waals surface area contributed by atoms with Crippen molar-refractivity contribution in [3.8, 4) is 0 Å². The molecule has 0 aliphatic carbocycles. The first-order valence-electron chi connectivity index (χ1n) is 6.72. The van der Waals surface area contributed by atoms with Gasteiger partial charge in [-0.15, -0.1) is 0 Å². The number of halogens is 2. The average molecular weight is 324 g/mol. The second-order valence-electron chi connectivity index (χ2n) is 4.38. The Morgan fingerprint density at radius 2 is 2.14 bits per heavy atom. The lowest BCUT2D eigenvalue weighted by atomic mass is 10.1. The normalized spacial score (nSPS) is 11.8. The molecule has 2 rings (SSSR count). The molecule has 0 radical (unpaired) electrons. The second kappa shape index (κ2) is 7.70. The summed E-state index contributed by atoms with van der Waals surface area (Å²) in [6, 6.07) is 8.36. The van der Waals surface area contributed by atoms with E-state index in [0.717, 1.165) is 5.56 Å². The Labute approximate surface area is 132 Å². The number of esters is 1. The third-order valence-corrected chi connectivity index (χ3v) is 3.10. The Hall–Kier alpha value is -2.21. The molecule has 1 aromatic carbocycles. The molecule has 0 saturated heterocycles. The van der Waals surface area contributed by atoms with Crippen molar-refractivity contribution in [1.29, 1.82) is 0 Å². The summed E-state index contributed by atoms with van der Waals surface area (Å²) in [5.74, 6) is -0.447. The highest BCUT2D eigenvalue weighted by Gasteiger charge is 2.19. The van der Waals surface area contributed by atoms with Gasteiger partial charge in [0.1, 0.15) is 18.1 Å². The Balaban J connectivity index is 2.30. The highest BCUT2D eigenvalue weighted by molar-refractivity contribution is 6.28. The van der Waals surface area contributed by atoms with E-state index in [4.69, 9.17) is 16.3 Å². The van der Waals surface area contributed by atoms with Gasteiger partial charge in [-0.3, -0.25) is 0 Å². The average Bonchev–Trinajstić information content (AvgIpc) is 2.53.